The van der Waals surface area contributed by atoms with Gasteiger partial charge in [0.05, 0.1) is 0 Å². The van der Waals surface area contributed by atoms with Gasteiger partial charge in [0.25, 0.3) is 5.91 Å². The van der Waals surface area contributed by atoms with Crippen LogP contribution in [0.5, 0.6) is 5.75 Å². The SMILES string of the molecule is O=C(O)COc1cccc(C(=O)NCC2CCCC2)c1. The van der Waals surface area contributed by atoms with Gasteiger partial charge in [0.1, 0.15) is 5.75 Å². The van der Waals surface area contributed by atoms with Crippen molar-refractivity contribution in [1.82, 2.24) is 5.32 Å². The van der Waals surface area contributed by atoms with Crippen LogP contribution in [0.3, 0.4) is 0 Å². The van der Waals surface area contributed by atoms with Gasteiger partial charge in [-0.05, 0) is 37.0 Å². The summed E-state index contributed by atoms with van der Waals surface area (Å²) >= 11 is 0. The highest BCUT2D eigenvalue weighted by Crippen LogP contribution is 2.23. The minimum atomic E-state index is -1.04. The summed E-state index contributed by atoms with van der Waals surface area (Å²) in [7, 11) is 0. The molecule has 1 fully saturated rings. The number of carboxylic acid groups (broad SMARTS) is 1. The second-order valence-electron chi connectivity index (χ2n) is 5.07. The van der Waals surface area contributed by atoms with Gasteiger partial charge >= 0.3 is 5.97 Å². The summed E-state index contributed by atoms with van der Waals surface area (Å²) in [6.45, 7) is 0.298. The Hall–Kier alpha value is -2.04. The maximum absolute atomic E-state index is 12.0. The third kappa shape index (κ3) is 4.26. The number of rotatable bonds is 6. The number of nitrogens with one attached hydrogen (secondary N) is 1. The van der Waals surface area contributed by atoms with Crippen LogP contribution in [0.15, 0.2) is 24.3 Å². The van der Waals surface area contributed by atoms with Gasteiger partial charge in [0, 0.05) is 12.1 Å². The summed E-state index contributed by atoms with van der Waals surface area (Å²) in [6.07, 6.45) is 4.86. The molecule has 0 aromatic heterocycles. The number of hydrogen-bond acceptors (Lipinski definition) is 3. The summed E-state index contributed by atoms with van der Waals surface area (Å²) < 4.78 is 5.06. The molecule has 0 heterocycles. The minimum Gasteiger partial charge on any atom is -0.482 e. The number of carboxylic acids is 1. The molecule has 1 aromatic rings. The van der Waals surface area contributed by atoms with Crippen LogP contribution >= 0.6 is 0 Å². The second kappa shape index (κ2) is 6.93. The molecular formula is C15H19NO4. The lowest BCUT2D eigenvalue weighted by Gasteiger charge is -2.11. The van der Waals surface area contributed by atoms with Crippen LogP contribution in [0.2, 0.25) is 0 Å². The Labute approximate surface area is 117 Å². The van der Waals surface area contributed by atoms with Gasteiger partial charge in [-0.3, -0.25) is 4.79 Å². The van der Waals surface area contributed by atoms with E-state index < -0.39 is 12.6 Å². The average Bonchev–Trinajstić information content (AvgIpc) is 2.96. The van der Waals surface area contributed by atoms with E-state index in [9.17, 15) is 9.59 Å². The molecule has 5 nitrogen and oxygen atoms in total. The van der Waals surface area contributed by atoms with Crippen LogP contribution < -0.4 is 10.1 Å². The standard InChI is InChI=1S/C15H19NO4/c17-14(18)10-20-13-7-3-6-12(8-13)15(19)16-9-11-4-1-2-5-11/h3,6-8,11H,1-2,4-5,9-10H2,(H,16,19)(H,17,18). The number of ether oxygens (including phenoxy) is 1. The lowest BCUT2D eigenvalue weighted by Crippen LogP contribution is -2.28. The Balaban J connectivity index is 1.88. The Kier molecular flexibility index (Phi) is 4.98. The van der Waals surface area contributed by atoms with E-state index >= 15 is 0 Å². The topological polar surface area (TPSA) is 75.6 Å². The molecule has 0 spiro atoms. The van der Waals surface area contributed by atoms with Crippen LogP contribution in [0.1, 0.15) is 36.0 Å². The van der Waals surface area contributed by atoms with Crippen molar-refractivity contribution in [2.75, 3.05) is 13.2 Å². The van der Waals surface area contributed by atoms with E-state index in [4.69, 9.17) is 9.84 Å². The van der Waals surface area contributed by atoms with Gasteiger partial charge in [0.2, 0.25) is 0 Å². The molecule has 0 aliphatic heterocycles. The quantitative estimate of drug-likeness (QED) is 0.834. The van der Waals surface area contributed by atoms with Crippen LogP contribution in [-0.4, -0.2) is 30.1 Å². The Morgan fingerprint density at radius 2 is 2.05 bits per heavy atom. The zero-order valence-electron chi connectivity index (χ0n) is 11.3. The van der Waals surface area contributed by atoms with Crippen LogP contribution in [0.25, 0.3) is 0 Å². The minimum absolute atomic E-state index is 0.141. The van der Waals surface area contributed by atoms with E-state index in [1.54, 1.807) is 24.3 Å². The fourth-order valence-corrected chi connectivity index (χ4v) is 2.43. The first-order chi connectivity index (χ1) is 9.65. The maximum atomic E-state index is 12.0. The van der Waals surface area contributed by atoms with E-state index in [-0.39, 0.29) is 5.91 Å². The first-order valence-electron chi connectivity index (χ1n) is 6.88. The van der Waals surface area contributed by atoms with E-state index in [1.165, 1.54) is 25.7 Å². The maximum Gasteiger partial charge on any atom is 0.341 e. The van der Waals surface area contributed by atoms with Crippen LogP contribution in [0.4, 0.5) is 0 Å². The molecule has 1 aromatic carbocycles. The molecule has 0 saturated heterocycles. The van der Waals surface area contributed by atoms with Gasteiger partial charge in [-0.25, -0.2) is 4.79 Å². The third-order valence-electron chi connectivity index (χ3n) is 3.48. The molecule has 1 saturated carbocycles. The molecule has 1 aliphatic carbocycles. The van der Waals surface area contributed by atoms with Crippen molar-refractivity contribution < 1.29 is 19.4 Å². The zero-order chi connectivity index (χ0) is 14.4. The summed E-state index contributed by atoms with van der Waals surface area (Å²) in [4.78, 5) is 22.4. The molecule has 0 radical (unpaired) electrons. The predicted molar refractivity (Wildman–Crippen MR) is 73.9 cm³/mol. The average molecular weight is 277 g/mol. The van der Waals surface area contributed by atoms with E-state index in [2.05, 4.69) is 5.32 Å². The first-order valence-corrected chi connectivity index (χ1v) is 6.88. The van der Waals surface area contributed by atoms with Gasteiger partial charge in [0.15, 0.2) is 6.61 Å². The normalized spacial score (nSPS) is 15.0. The summed E-state index contributed by atoms with van der Waals surface area (Å²) in [5.74, 6) is -0.204. The number of benzene rings is 1. The number of aliphatic carboxylic acids is 1. The number of hydrogen-bond donors (Lipinski definition) is 2. The highest BCUT2D eigenvalue weighted by Gasteiger charge is 2.16. The highest BCUT2D eigenvalue weighted by atomic mass is 16.5. The van der Waals surface area contributed by atoms with Crippen molar-refractivity contribution >= 4 is 11.9 Å². The van der Waals surface area contributed by atoms with Gasteiger partial charge in [-0.15, -0.1) is 0 Å². The predicted octanol–water partition coefficient (Wildman–Crippen LogP) is 2.07. The second-order valence-corrected chi connectivity index (χ2v) is 5.07. The molecule has 2 N–H and O–H groups in total. The van der Waals surface area contributed by atoms with Crippen molar-refractivity contribution in [2.24, 2.45) is 5.92 Å². The molecule has 1 aliphatic rings. The third-order valence-corrected chi connectivity index (χ3v) is 3.48. The van der Waals surface area contributed by atoms with Crippen molar-refractivity contribution in [1.29, 1.82) is 0 Å². The number of amides is 1. The molecule has 5 heteroatoms. The van der Waals surface area contributed by atoms with Crippen molar-refractivity contribution in [3.8, 4) is 5.75 Å². The lowest BCUT2D eigenvalue weighted by atomic mass is 10.1. The summed E-state index contributed by atoms with van der Waals surface area (Å²) in [5.41, 5.74) is 0.492. The van der Waals surface area contributed by atoms with E-state index in [0.29, 0.717) is 23.8 Å². The van der Waals surface area contributed by atoms with E-state index in [0.717, 1.165) is 0 Å². The van der Waals surface area contributed by atoms with Crippen LogP contribution in [-0.2, 0) is 4.79 Å². The highest BCUT2D eigenvalue weighted by molar-refractivity contribution is 5.94. The van der Waals surface area contributed by atoms with E-state index in [1.807, 2.05) is 0 Å². The molecule has 20 heavy (non-hydrogen) atoms. The molecule has 0 bridgehead atoms. The van der Waals surface area contributed by atoms with Crippen molar-refractivity contribution in [3.05, 3.63) is 29.8 Å². The molecule has 108 valence electrons. The molecule has 2 rings (SSSR count). The molecule has 1 amide bonds. The van der Waals surface area contributed by atoms with Crippen LogP contribution in [0, 0.1) is 5.92 Å². The monoisotopic (exact) mass is 277 g/mol. The Morgan fingerprint density at radius 1 is 1.30 bits per heavy atom. The Morgan fingerprint density at radius 3 is 2.75 bits per heavy atom. The number of carbonyl (C=O) groups excluding carboxylic acids is 1. The largest absolute Gasteiger partial charge is 0.482 e. The summed E-state index contributed by atoms with van der Waals surface area (Å²) in [6, 6.07) is 6.57. The van der Waals surface area contributed by atoms with Gasteiger partial charge in [-0.2, -0.15) is 0 Å². The first kappa shape index (κ1) is 14.4. The zero-order valence-corrected chi connectivity index (χ0v) is 11.3. The smallest absolute Gasteiger partial charge is 0.341 e. The fourth-order valence-electron chi connectivity index (χ4n) is 2.43. The van der Waals surface area contributed by atoms with Crippen molar-refractivity contribution in [2.45, 2.75) is 25.7 Å². The molecular weight excluding hydrogens is 258 g/mol. The molecule has 0 atom stereocenters. The lowest BCUT2D eigenvalue weighted by molar-refractivity contribution is -0.139. The molecule has 0 unspecified atom stereocenters. The Bertz CT molecular complexity index is 481. The fraction of sp³-hybridized carbons (Fsp3) is 0.467. The van der Waals surface area contributed by atoms with Gasteiger partial charge < -0.3 is 15.2 Å². The van der Waals surface area contributed by atoms with Gasteiger partial charge in [-0.1, -0.05) is 18.9 Å². The van der Waals surface area contributed by atoms with Crippen molar-refractivity contribution in [3.63, 3.8) is 0 Å². The summed E-state index contributed by atoms with van der Waals surface area (Å²) in [5, 5.41) is 11.5. The number of carbonyl (C=O) groups is 2.